The molecule has 8 heteroatoms. The summed E-state index contributed by atoms with van der Waals surface area (Å²) in [5, 5.41) is 14.5. The molecule has 0 amide bonds. The molecule has 3 heterocycles. The van der Waals surface area contributed by atoms with Crippen molar-refractivity contribution in [3.63, 3.8) is 0 Å². The summed E-state index contributed by atoms with van der Waals surface area (Å²) in [5.74, 6) is 0.694. The van der Waals surface area contributed by atoms with Crippen LogP contribution in [0.2, 0.25) is 0 Å². The first-order valence-corrected chi connectivity index (χ1v) is 10.8. The van der Waals surface area contributed by atoms with Gasteiger partial charge < -0.3 is 9.84 Å². The van der Waals surface area contributed by atoms with Crippen molar-refractivity contribution in [1.29, 1.82) is 0 Å². The quantitative estimate of drug-likeness (QED) is 0.834. The molecule has 140 valence electrons. The molecule has 0 fully saturated rings. The third-order valence-electron chi connectivity index (χ3n) is 4.86. The highest BCUT2D eigenvalue weighted by molar-refractivity contribution is 7.90. The lowest BCUT2D eigenvalue weighted by atomic mass is 10.1. The van der Waals surface area contributed by atoms with Gasteiger partial charge in [-0.25, -0.2) is 8.42 Å². The van der Waals surface area contributed by atoms with Crippen molar-refractivity contribution >= 4 is 9.84 Å². The zero-order valence-electron chi connectivity index (χ0n) is 14.8. The summed E-state index contributed by atoms with van der Waals surface area (Å²) in [4.78, 5) is 2.33. The lowest BCUT2D eigenvalue weighted by molar-refractivity contribution is 0.191. The smallest absolute Gasteiger partial charge is 0.150 e. The summed E-state index contributed by atoms with van der Waals surface area (Å²) < 4.78 is 30.2. The Morgan fingerprint density at radius 2 is 2.15 bits per heavy atom. The Kier molecular flexibility index (Phi) is 4.50. The molecule has 2 aromatic rings. The number of fused-ring (bicyclic) bond motifs is 2. The minimum Gasteiger partial charge on any atom is -0.493 e. The standard InChI is InChI=1S/C18H23N3O4S/c1-26(23,24)12-17(22)16-9-15-11-20(5-6-21(15)19-16)10-13-2-3-18-14(8-13)4-7-25-18/h2-3,8-9,17,22H,4-7,10-12H2,1H3/t17-/m1/s1. The van der Waals surface area contributed by atoms with Gasteiger partial charge in [-0.15, -0.1) is 0 Å². The van der Waals surface area contributed by atoms with Crippen LogP contribution in [0.5, 0.6) is 5.75 Å². The molecule has 0 spiro atoms. The number of aliphatic hydroxyl groups excluding tert-OH is 1. The lowest BCUT2D eigenvalue weighted by Crippen LogP contribution is -2.33. The Bertz CT molecular complexity index is 923. The van der Waals surface area contributed by atoms with Gasteiger partial charge in [0.05, 0.1) is 30.3 Å². The fourth-order valence-electron chi connectivity index (χ4n) is 3.61. The maximum absolute atomic E-state index is 11.4. The lowest BCUT2D eigenvalue weighted by Gasteiger charge is -2.27. The van der Waals surface area contributed by atoms with Crippen molar-refractivity contribution in [3.8, 4) is 5.75 Å². The van der Waals surface area contributed by atoms with Crippen molar-refractivity contribution < 1.29 is 18.3 Å². The van der Waals surface area contributed by atoms with Crippen LogP contribution in [0.1, 0.15) is 28.6 Å². The highest BCUT2D eigenvalue weighted by Crippen LogP contribution is 2.27. The summed E-state index contributed by atoms with van der Waals surface area (Å²) >= 11 is 0. The molecule has 4 rings (SSSR count). The molecule has 1 N–H and O–H groups in total. The van der Waals surface area contributed by atoms with Crippen LogP contribution in [0.15, 0.2) is 24.3 Å². The Morgan fingerprint density at radius 1 is 1.31 bits per heavy atom. The van der Waals surface area contributed by atoms with Crippen LogP contribution in [0.4, 0.5) is 0 Å². The summed E-state index contributed by atoms with van der Waals surface area (Å²) in [7, 11) is -3.25. The Morgan fingerprint density at radius 3 is 2.96 bits per heavy atom. The zero-order chi connectivity index (χ0) is 18.3. The van der Waals surface area contributed by atoms with Gasteiger partial charge in [0.2, 0.25) is 0 Å². The van der Waals surface area contributed by atoms with E-state index in [1.54, 1.807) is 0 Å². The van der Waals surface area contributed by atoms with Gasteiger partial charge in [0.1, 0.15) is 21.7 Å². The molecule has 7 nitrogen and oxygen atoms in total. The fourth-order valence-corrected chi connectivity index (χ4v) is 4.35. The number of ether oxygens (including phenoxy) is 1. The zero-order valence-corrected chi connectivity index (χ0v) is 15.6. The van der Waals surface area contributed by atoms with Crippen LogP contribution in [-0.2, 0) is 35.9 Å². The highest BCUT2D eigenvalue weighted by atomic mass is 32.2. The van der Waals surface area contributed by atoms with E-state index >= 15 is 0 Å². The minimum atomic E-state index is -3.25. The number of nitrogens with zero attached hydrogens (tertiary/aromatic N) is 3. The number of aromatic nitrogens is 2. The van der Waals surface area contributed by atoms with E-state index in [1.807, 2.05) is 16.8 Å². The van der Waals surface area contributed by atoms with Crippen LogP contribution >= 0.6 is 0 Å². The van der Waals surface area contributed by atoms with Crippen molar-refractivity contribution in [2.24, 2.45) is 0 Å². The number of hydrogen-bond donors (Lipinski definition) is 1. The van der Waals surface area contributed by atoms with Crippen molar-refractivity contribution in [3.05, 3.63) is 46.8 Å². The van der Waals surface area contributed by atoms with Gasteiger partial charge in [-0.1, -0.05) is 12.1 Å². The topological polar surface area (TPSA) is 84.7 Å². The molecule has 2 aliphatic rings. The number of aliphatic hydroxyl groups is 1. The van der Waals surface area contributed by atoms with Crippen LogP contribution in [0, 0.1) is 0 Å². The maximum atomic E-state index is 11.4. The highest BCUT2D eigenvalue weighted by Gasteiger charge is 2.23. The molecular formula is C18H23N3O4S. The molecule has 0 saturated heterocycles. The van der Waals surface area contributed by atoms with Crippen LogP contribution in [-0.4, -0.2) is 53.4 Å². The van der Waals surface area contributed by atoms with Crippen LogP contribution in [0.3, 0.4) is 0 Å². The number of sulfone groups is 1. The summed E-state index contributed by atoms with van der Waals surface area (Å²) in [5.41, 5.74) is 3.97. The van der Waals surface area contributed by atoms with Gasteiger partial charge in [0, 0.05) is 32.3 Å². The predicted octanol–water partition coefficient (Wildman–Crippen LogP) is 0.912. The summed E-state index contributed by atoms with van der Waals surface area (Å²) in [6.45, 7) is 3.94. The molecule has 26 heavy (non-hydrogen) atoms. The van der Waals surface area contributed by atoms with E-state index in [2.05, 4.69) is 22.1 Å². The number of hydrogen-bond acceptors (Lipinski definition) is 6. The molecular weight excluding hydrogens is 354 g/mol. The first-order chi connectivity index (χ1) is 12.4. The van der Waals surface area contributed by atoms with Crippen molar-refractivity contribution in [1.82, 2.24) is 14.7 Å². The number of rotatable bonds is 5. The third kappa shape index (κ3) is 3.77. The molecule has 1 atom stereocenters. The largest absolute Gasteiger partial charge is 0.493 e. The van der Waals surface area contributed by atoms with Gasteiger partial charge in [0.25, 0.3) is 0 Å². The molecule has 1 aromatic heterocycles. The fraction of sp³-hybridized carbons (Fsp3) is 0.500. The van der Waals surface area contributed by atoms with Crippen LogP contribution < -0.4 is 4.74 Å². The second-order valence-corrected chi connectivity index (χ2v) is 9.33. The maximum Gasteiger partial charge on any atom is 0.150 e. The molecule has 0 radical (unpaired) electrons. The first kappa shape index (κ1) is 17.5. The monoisotopic (exact) mass is 377 g/mol. The average molecular weight is 377 g/mol. The van der Waals surface area contributed by atoms with Crippen molar-refractivity contribution in [2.75, 3.05) is 25.2 Å². The van der Waals surface area contributed by atoms with E-state index in [9.17, 15) is 13.5 Å². The van der Waals surface area contributed by atoms with Gasteiger partial charge in [-0.2, -0.15) is 5.10 Å². The van der Waals surface area contributed by atoms with E-state index in [0.29, 0.717) is 5.69 Å². The van der Waals surface area contributed by atoms with E-state index in [4.69, 9.17) is 4.74 Å². The molecule has 1 aromatic carbocycles. The minimum absolute atomic E-state index is 0.301. The Hall–Kier alpha value is -1.90. The van der Waals surface area contributed by atoms with E-state index in [0.717, 1.165) is 56.9 Å². The van der Waals surface area contributed by atoms with Crippen LogP contribution in [0.25, 0.3) is 0 Å². The van der Waals surface area contributed by atoms with Crippen molar-refractivity contribution in [2.45, 2.75) is 32.2 Å². The molecule has 0 unspecified atom stereocenters. The van der Waals surface area contributed by atoms with E-state index in [-0.39, 0.29) is 5.75 Å². The summed E-state index contributed by atoms with van der Waals surface area (Å²) in [6.07, 6.45) is 1.01. The summed E-state index contributed by atoms with van der Waals surface area (Å²) in [6, 6.07) is 8.19. The van der Waals surface area contributed by atoms with Gasteiger partial charge >= 0.3 is 0 Å². The molecule has 2 aliphatic heterocycles. The third-order valence-corrected chi connectivity index (χ3v) is 5.78. The molecule has 0 bridgehead atoms. The van der Waals surface area contributed by atoms with Gasteiger partial charge in [-0.3, -0.25) is 9.58 Å². The Balaban J connectivity index is 1.44. The SMILES string of the molecule is CS(=O)(=O)C[C@@H](O)c1cc2n(n1)CCN(Cc1ccc3c(c1)CCO3)C2. The number of benzene rings is 1. The Labute approximate surface area is 153 Å². The molecule has 0 aliphatic carbocycles. The second kappa shape index (κ2) is 6.68. The molecule has 0 saturated carbocycles. The van der Waals surface area contributed by atoms with Gasteiger partial charge in [0.15, 0.2) is 0 Å². The average Bonchev–Trinajstić information content (AvgIpc) is 3.18. The second-order valence-electron chi connectivity index (χ2n) is 7.14. The van der Waals surface area contributed by atoms with E-state index < -0.39 is 15.9 Å². The predicted molar refractivity (Wildman–Crippen MR) is 96.7 cm³/mol. The first-order valence-electron chi connectivity index (χ1n) is 8.77. The van der Waals surface area contributed by atoms with Gasteiger partial charge in [-0.05, 0) is 23.3 Å². The normalized spacial score (nSPS) is 18.2. The van der Waals surface area contributed by atoms with E-state index in [1.165, 1.54) is 11.1 Å².